The lowest BCUT2D eigenvalue weighted by Gasteiger charge is -2.04. The van der Waals surface area contributed by atoms with E-state index in [0.29, 0.717) is 10.4 Å². The topological polar surface area (TPSA) is 78.7 Å². The summed E-state index contributed by atoms with van der Waals surface area (Å²) in [5, 5.41) is 11.0. The van der Waals surface area contributed by atoms with E-state index in [1.54, 1.807) is 13.2 Å². The Morgan fingerprint density at radius 3 is 2.54 bits per heavy atom. The first kappa shape index (κ1) is 17.6. The van der Waals surface area contributed by atoms with Crippen LogP contribution in [-0.4, -0.2) is 24.9 Å². The first-order valence-electron chi connectivity index (χ1n) is 7.65. The molecule has 0 saturated carbocycles. The van der Waals surface area contributed by atoms with Gasteiger partial charge in [0.1, 0.15) is 5.75 Å². The number of nitro benzene ring substituents is 1. The van der Waals surface area contributed by atoms with E-state index in [2.05, 4.69) is 0 Å². The number of nitrogens with zero attached hydrogens (tertiary/aromatic N) is 1. The van der Waals surface area contributed by atoms with Crippen LogP contribution in [-0.2, 0) is 0 Å². The van der Waals surface area contributed by atoms with Crippen LogP contribution in [0.3, 0.4) is 0 Å². The second-order valence-corrected chi connectivity index (χ2v) is 6.45. The molecule has 26 heavy (non-hydrogen) atoms. The molecule has 0 aliphatic heterocycles. The highest BCUT2D eigenvalue weighted by molar-refractivity contribution is 7.17. The number of hydrogen-bond acceptors (Lipinski definition) is 6. The summed E-state index contributed by atoms with van der Waals surface area (Å²) in [6, 6.07) is 15.3. The van der Waals surface area contributed by atoms with Gasteiger partial charge >= 0.3 is 5.69 Å². The Labute approximate surface area is 153 Å². The Balaban J connectivity index is 1.92. The maximum absolute atomic E-state index is 12.7. The van der Waals surface area contributed by atoms with Gasteiger partial charge < -0.3 is 9.47 Å². The van der Waals surface area contributed by atoms with E-state index in [4.69, 9.17) is 9.47 Å². The third kappa shape index (κ3) is 3.43. The fourth-order valence-corrected chi connectivity index (χ4v) is 3.47. The van der Waals surface area contributed by atoms with Crippen LogP contribution in [0.5, 0.6) is 11.5 Å². The lowest BCUT2D eigenvalue weighted by atomic mass is 10.1. The monoisotopic (exact) mass is 369 g/mol. The van der Waals surface area contributed by atoms with Crippen LogP contribution in [0.4, 0.5) is 5.69 Å². The molecule has 0 atom stereocenters. The fourth-order valence-electron chi connectivity index (χ4n) is 2.50. The van der Waals surface area contributed by atoms with Gasteiger partial charge in [0.05, 0.1) is 24.0 Å². The molecule has 7 heteroatoms. The molecule has 0 fully saturated rings. The fraction of sp³-hybridized carbons (Fsp3) is 0.105. The van der Waals surface area contributed by atoms with Crippen LogP contribution in [0.15, 0.2) is 54.6 Å². The molecule has 3 rings (SSSR count). The summed E-state index contributed by atoms with van der Waals surface area (Å²) in [6.45, 7) is 0. The van der Waals surface area contributed by atoms with Crippen molar-refractivity contribution in [3.8, 4) is 21.9 Å². The van der Waals surface area contributed by atoms with Gasteiger partial charge in [0.25, 0.3) is 0 Å². The molecule has 0 amide bonds. The van der Waals surface area contributed by atoms with Crippen molar-refractivity contribution in [1.29, 1.82) is 0 Å². The van der Waals surface area contributed by atoms with Crippen molar-refractivity contribution < 1.29 is 19.2 Å². The summed E-state index contributed by atoms with van der Waals surface area (Å²) in [7, 11) is 2.94. The van der Waals surface area contributed by atoms with Gasteiger partial charge in [0.2, 0.25) is 5.78 Å². The highest BCUT2D eigenvalue weighted by Gasteiger charge is 2.19. The van der Waals surface area contributed by atoms with E-state index in [1.165, 1.54) is 36.6 Å². The number of methoxy groups -OCH3 is 2. The lowest BCUT2D eigenvalue weighted by molar-refractivity contribution is -0.385. The van der Waals surface area contributed by atoms with E-state index in [9.17, 15) is 14.9 Å². The Morgan fingerprint density at radius 2 is 1.85 bits per heavy atom. The molecular weight excluding hydrogens is 354 g/mol. The third-order valence-electron chi connectivity index (χ3n) is 3.82. The molecule has 2 aromatic carbocycles. The SMILES string of the molecule is COc1cccc(-c2ccc(C(=O)c3ccc([N+](=O)[O-])c(OC)c3)s2)c1. The predicted molar refractivity (Wildman–Crippen MR) is 99.4 cm³/mol. The normalized spacial score (nSPS) is 10.4. The number of ketones is 1. The minimum absolute atomic E-state index is 0.0606. The van der Waals surface area contributed by atoms with Crippen LogP contribution in [0.1, 0.15) is 15.2 Å². The van der Waals surface area contributed by atoms with Gasteiger partial charge in [-0.05, 0) is 42.0 Å². The van der Waals surface area contributed by atoms with Gasteiger partial charge in [-0.15, -0.1) is 11.3 Å². The number of thiophene rings is 1. The number of nitro groups is 1. The van der Waals surface area contributed by atoms with Gasteiger partial charge in [-0.2, -0.15) is 0 Å². The summed E-state index contributed by atoms with van der Waals surface area (Å²) < 4.78 is 10.3. The summed E-state index contributed by atoms with van der Waals surface area (Å²) in [4.78, 5) is 24.6. The maximum atomic E-state index is 12.7. The van der Waals surface area contributed by atoms with Crippen molar-refractivity contribution in [3.05, 3.63) is 75.2 Å². The van der Waals surface area contributed by atoms with Crippen molar-refractivity contribution in [2.45, 2.75) is 0 Å². The van der Waals surface area contributed by atoms with E-state index in [-0.39, 0.29) is 17.2 Å². The molecule has 3 aromatic rings. The largest absolute Gasteiger partial charge is 0.497 e. The quantitative estimate of drug-likeness (QED) is 0.361. The van der Waals surface area contributed by atoms with Crippen LogP contribution in [0.25, 0.3) is 10.4 Å². The van der Waals surface area contributed by atoms with Gasteiger partial charge in [0, 0.05) is 16.5 Å². The van der Waals surface area contributed by atoms with Crippen LogP contribution < -0.4 is 9.47 Å². The van der Waals surface area contributed by atoms with Gasteiger partial charge in [-0.3, -0.25) is 14.9 Å². The van der Waals surface area contributed by atoms with Crippen LogP contribution in [0, 0.1) is 10.1 Å². The van der Waals surface area contributed by atoms with Gasteiger partial charge in [0.15, 0.2) is 5.75 Å². The summed E-state index contributed by atoms with van der Waals surface area (Å²) in [6.07, 6.45) is 0. The van der Waals surface area contributed by atoms with E-state index in [1.807, 2.05) is 30.3 Å². The van der Waals surface area contributed by atoms with Gasteiger partial charge in [-0.1, -0.05) is 12.1 Å². The first-order chi connectivity index (χ1) is 12.5. The van der Waals surface area contributed by atoms with Crippen molar-refractivity contribution in [2.24, 2.45) is 0 Å². The summed E-state index contributed by atoms with van der Waals surface area (Å²) in [5.74, 6) is 0.589. The molecule has 132 valence electrons. The molecule has 1 heterocycles. The molecule has 0 N–H and O–H groups in total. The number of benzene rings is 2. The molecule has 0 aliphatic carbocycles. The highest BCUT2D eigenvalue weighted by Crippen LogP contribution is 2.33. The Bertz CT molecular complexity index is 980. The second kappa shape index (κ2) is 7.37. The number of carbonyl (C=O) groups excluding carboxylic acids is 1. The van der Waals surface area contributed by atoms with Crippen LogP contribution in [0.2, 0.25) is 0 Å². The Hall–Kier alpha value is -3.19. The van der Waals surface area contributed by atoms with E-state index < -0.39 is 4.92 Å². The molecule has 0 saturated heterocycles. The van der Waals surface area contributed by atoms with Crippen molar-refractivity contribution in [3.63, 3.8) is 0 Å². The van der Waals surface area contributed by atoms with E-state index in [0.717, 1.165) is 16.2 Å². The number of hydrogen-bond donors (Lipinski definition) is 0. The molecule has 0 spiro atoms. The molecule has 0 radical (unpaired) electrons. The molecule has 0 bridgehead atoms. The molecule has 1 aromatic heterocycles. The van der Waals surface area contributed by atoms with Gasteiger partial charge in [-0.25, -0.2) is 0 Å². The second-order valence-electron chi connectivity index (χ2n) is 5.37. The maximum Gasteiger partial charge on any atom is 0.310 e. The minimum atomic E-state index is -0.543. The molecule has 6 nitrogen and oxygen atoms in total. The van der Waals surface area contributed by atoms with Crippen molar-refractivity contribution >= 4 is 22.8 Å². The van der Waals surface area contributed by atoms with E-state index >= 15 is 0 Å². The summed E-state index contributed by atoms with van der Waals surface area (Å²) in [5.41, 5.74) is 1.12. The predicted octanol–water partition coefficient (Wildman–Crippen LogP) is 4.57. The zero-order chi connectivity index (χ0) is 18.7. The van der Waals surface area contributed by atoms with Crippen molar-refractivity contribution in [1.82, 2.24) is 0 Å². The first-order valence-corrected chi connectivity index (χ1v) is 8.46. The van der Waals surface area contributed by atoms with Crippen LogP contribution >= 0.6 is 11.3 Å². The Kier molecular flexibility index (Phi) is 4.99. The highest BCUT2D eigenvalue weighted by atomic mass is 32.1. The third-order valence-corrected chi connectivity index (χ3v) is 4.96. The molecule has 0 unspecified atom stereocenters. The smallest absolute Gasteiger partial charge is 0.310 e. The number of ether oxygens (including phenoxy) is 2. The Morgan fingerprint density at radius 1 is 1.04 bits per heavy atom. The number of rotatable bonds is 6. The van der Waals surface area contributed by atoms with Crippen molar-refractivity contribution in [2.75, 3.05) is 14.2 Å². The minimum Gasteiger partial charge on any atom is -0.497 e. The standard InChI is InChI=1S/C19H15NO5S/c1-24-14-5-3-4-12(10-14)17-8-9-18(26-17)19(21)13-6-7-15(20(22)23)16(11-13)25-2/h3-11H,1-2H3. The lowest BCUT2D eigenvalue weighted by Crippen LogP contribution is -2.01. The molecular formula is C19H15NO5S. The average Bonchev–Trinajstić information content (AvgIpc) is 3.17. The summed E-state index contributed by atoms with van der Waals surface area (Å²) >= 11 is 1.35. The number of carbonyl (C=O) groups is 1. The average molecular weight is 369 g/mol. The zero-order valence-corrected chi connectivity index (χ0v) is 14.9. The zero-order valence-electron chi connectivity index (χ0n) is 14.1. The molecule has 0 aliphatic rings.